The molecule has 0 aromatic carbocycles. The van der Waals surface area contributed by atoms with Crippen molar-refractivity contribution in [3.63, 3.8) is 0 Å². The van der Waals surface area contributed by atoms with Crippen molar-refractivity contribution < 1.29 is 5.11 Å². The first-order valence-electron chi connectivity index (χ1n) is 7.14. The fraction of sp³-hybridized carbons (Fsp3) is 0.714. The fourth-order valence-electron chi connectivity index (χ4n) is 2.27. The summed E-state index contributed by atoms with van der Waals surface area (Å²) in [6, 6.07) is 0. The van der Waals surface area contributed by atoms with Crippen LogP contribution in [0.3, 0.4) is 0 Å². The van der Waals surface area contributed by atoms with E-state index in [4.69, 9.17) is 0 Å². The van der Waals surface area contributed by atoms with Crippen LogP contribution < -0.4 is 5.32 Å². The van der Waals surface area contributed by atoms with Gasteiger partial charge in [-0.25, -0.2) is 4.98 Å². The molecule has 5 nitrogen and oxygen atoms in total. The molecule has 0 aliphatic carbocycles. The lowest BCUT2D eigenvalue weighted by Gasteiger charge is -2.33. The minimum Gasteiger partial charge on any atom is -0.392 e. The third kappa shape index (κ3) is 4.14. The maximum Gasteiger partial charge on any atom is 0.144 e. The number of β-amino-alcohol motifs (C(OH)–C–C–N with tert-alkyl or cyclic N) is 1. The zero-order chi connectivity index (χ0) is 13.7. The van der Waals surface area contributed by atoms with Crippen LogP contribution in [0, 0.1) is 5.92 Å². The molecular weight excluding hydrogens is 240 g/mol. The zero-order valence-electron chi connectivity index (χ0n) is 11.8. The highest BCUT2D eigenvalue weighted by molar-refractivity contribution is 5.30. The third-order valence-corrected chi connectivity index (χ3v) is 3.65. The first kappa shape index (κ1) is 14.2. The van der Waals surface area contributed by atoms with Crippen LogP contribution in [0.25, 0.3) is 0 Å². The Kier molecular flexibility index (Phi) is 5.10. The molecule has 2 heterocycles. The molecule has 1 aliphatic rings. The van der Waals surface area contributed by atoms with E-state index >= 15 is 0 Å². The van der Waals surface area contributed by atoms with Crippen LogP contribution in [0.5, 0.6) is 0 Å². The van der Waals surface area contributed by atoms with Gasteiger partial charge in [-0.1, -0.05) is 13.8 Å². The van der Waals surface area contributed by atoms with Gasteiger partial charge in [-0.15, -0.1) is 0 Å². The van der Waals surface area contributed by atoms with Crippen molar-refractivity contribution in [2.24, 2.45) is 5.92 Å². The standard InChI is InChI=1S/C14H24N4O/c1-3-5-15-14-8-16-12(7-17-14)9-18-6-4-11(2)13(19)10-18/h7-8,11,13,19H,3-6,9-10H2,1-2H3,(H,15,17). The fourth-order valence-corrected chi connectivity index (χ4v) is 2.27. The van der Waals surface area contributed by atoms with Crippen molar-refractivity contribution in [3.8, 4) is 0 Å². The normalized spacial score (nSPS) is 24.4. The van der Waals surface area contributed by atoms with E-state index in [1.807, 2.05) is 6.20 Å². The highest BCUT2D eigenvalue weighted by Crippen LogP contribution is 2.18. The van der Waals surface area contributed by atoms with Gasteiger partial charge in [0.05, 0.1) is 24.2 Å². The minimum absolute atomic E-state index is 0.216. The van der Waals surface area contributed by atoms with Crippen molar-refractivity contribution in [1.29, 1.82) is 0 Å². The Labute approximate surface area is 115 Å². The number of likely N-dealkylation sites (tertiary alicyclic amines) is 1. The molecule has 2 unspecified atom stereocenters. The number of anilines is 1. The number of hydrogen-bond acceptors (Lipinski definition) is 5. The van der Waals surface area contributed by atoms with Crippen molar-refractivity contribution >= 4 is 5.82 Å². The zero-order valence-corrected chi connectivity index (χ0v) is 11.8. The lowest BCUT2D eigenvalue weighted by Crippen LogP contribution is -2.42. The summed E-state index contributed by atoms with van der Waals surface area (Å²) in [4.78, 5) is 11.0. The number of aromatic nitrogens is 2. The smallest absolute Gasteiger partial charge is 0.144 e. The summed E-state index contributed by atoms with van der Waals surface area (Å²) in [6.07, 6.45) is 5.52. The number of aliphatic hydroxyl groups excluding tert-OH is 1. The number of hydrogen-bond donors (Lipinski definition) is 2. The summed E-state index contributed by atoms with van der Waals surface area (Å²) in [5.41, 5.74) is 0.962. The van der Waals surface area contributed by atoms with Gasteiger partial charge >= 0.3 is 0 Å². The highest BCUT2D eigenvalue weighted by Gasteiger charge is 2.24. The van der Waals surface area contributed by atoms with Gasteiger partial charge in [-0.05, 0) is 25.3 Å². The van der Waals surface area contributed by atoms with Gasteiger partial charge in [0.2, 0.25) is 0 Å². The molecule has 0 bridgehead atoms. The van der Waals surface area contributed by atoms with Crippen molar-refractivity contribution in [2.75, 3.05) is 25.0 Å². The van der Waals surface area contributed by atoms with Crippen molar-refractivity contribution in [1.82, 2.24) is 14.9 Å². The molecule has 1 aromatic heterocycles. The summed E-state index contributed by atoms with van der Waals surface area (Å²) in [7, 11) is 0. The van der Waals surface area contributed by atoms with Gasteiger partial charge in [0.25, 0.3) is 0 Å². The molecule has 1 fully saturated rings. The van der Waals surface area contributed by atoms with Gasteiger partial charge in [-0.3, -0.25) is 9.88 Å². The number of rotatable bonds is 5. The maximum atomic E-state index is 9.88. The van der Waals surface area contributed by atoms with Crippen LogP contribution in [0.2, 0.25) is 0 Å². The molecule has 1 aromatic rings. The summed E-state index contributed by atoms with van der Waals surface area (Å²) >= 11 is 0. The molecule has 0 spiro atoms. The molecule has 1 aliphatic heterocycles. The lowest BCUT2D eigenvalue weighted by molar-refractivity contribution is 0.0254. The van der Waals surface area contributed by atoms with Crippen molar-refractivity contribution in [3.05, 3.63) is 18.1 Å². The molecule has 2 rings (SSSR count). The number of piperidine rings is 1. The Bertz CT molecular complexity index is 382. The number of aliphatic hydroxyl groups is 1. The molecule has 2 atom stereocenters. The van der Waals surface area contributed by atoms with Gasteiger partial charge < -0.3 is 10.4 Å². The molecule has 0 amide bonds. The van der Waals surface area contributed by atoms with Gasteiger partial charge in [-0.2, -0.15) is 0 Å². The average Bonchev–Trinajstić information content (AvgIpc) is 2.42. The Morgan fingerprint density at radius 3 is 2.89 bits per heavy atom. The van der Waals surface area contributed by atoms with Crippen LogP contribution in [0.4, 0.5) is 5.82 Å². The van der Waals surface area contributed by atoms with Crippen LogP contribution in [0.15, 0.2) is 12.4 Å². The van der Waals surface area contributed by atoms with E-state index in [0.29, 0.717) is 5.92 Å². The summed E-state index contributed by atoms with van der Waals surface area (Å²) < 4.78 is 0. The average molecular weight is 264 g/mol. The largest absolute Gasteiger partial charge is 0.392 e. The second-order valence-electron chi connectivity index (χ2n) is 5.39. The first-order chi connectivity index (χ1) is 9.19. The van der Waals surface area contributed by atoms with Crippen LogP contribution in [-0.4, -0.2) is 45.7 Å². The van der Waals surface area contributed by atoms with Crippen molar-refractivity contribution in [2.45, 2.75) is 39.3 Å². The monoisotopic (exact) mass is 264 g/mol. The molecular formula is C14H24N4O. The SMILES string of the molecule is CCCNc1cnc(CN2CCC(C)C(O)C2)cn1. The van der Waals surface area contributed by atoms with E-state index in [2.05, 4.69) is 34.0 Å². The second kappa shape index (κ2) is 6.82. The Balaban J connectivity index is 1.85. The molecule has 1 saturated heterocycles. The van der Waals surface area contributed by atoms with Gasteiger partial charge in [0.1, 0.15) is 5.82 Å². The highest BCUT2D eigenvalue weighted by atomic mass is 16.3. The Morgan fingerprint density at radius 2 is 2.26 bits per heavy atom. The van der Waals surface area contributed by atoms with E-state index in [0.717, 1.165) is 50.5 Å². The molecule has 0 saturated carbocycles. The number of nitrogens with one attached hydrogen (secondary N) is 1. The van der Waals surface area contributed by atoms with E-state index in [9.17, 15) is 5.11 Å². The van der Waals surface area contributed by atoms with Crippen LogP contribution in [0.1, 0.15) is 32.4 Å². The van der Waals surface area contributed by atoms with E-state index in [1.165, 1.54) is 0 Å². The van der Waals surface area contributed by atoms with E-state index in [1.54, 1.807) is 6.20 Å². The third-order valence-electron chi connectivity index (χ3n) is 3.65. The lowest BCUT2D eigenvalue weighted by atomic mass is 9.96. The van der Waals surface area contributed by atoms with Gasteiger partial charge in [0.15, 0.2) is 0 Å². The van der Waals surface area contributed by atoms with E-state index < -0.39 is 0 Å². The predicted molar refractivity (Wildman–Crippen MR) is 75.9 cm³/mol. The molecule has 0 radical (unpaired) electrons. The second-order valence-corrected chi connectivity index (χ2v) is 5.39. The number of nitrogens with zero attached hydrogens (tertiary/aromatic N) is 3. The first-order valence-corrected chi connectivity index (χ1v) is 7.14. The summed E-state index contributed by atoms with van der Waals surface area (Å²) in [5, 5.41) is 13.1. The molecule has 2 N–H and O–H groups in total. The van der Waals surface area contributed by atoms with Crippen LogP contribution >= 0.6 is 0 Å². The summed E-state index contributed by atoms with van der Waals surface area (Å²) in [5.74, 6) is 1.24. The maximum absolute atomic E-state index is 9.88. The van der Waals surface area contributed by atoms with Gasteiger partial charge in [0, 0.05) is 19.6 Å². The predicted octanol–water partition coefficient (Wildman–Crippen LogP) is 1.50. The molecule has 19 heavy (non-hydrogen) atoms. The summed E-state index contributed by atoms with van der Waals surface area (Å²) in [6.45, 7) is 7.68. The van der Waals surface area contributed by atoms with E-state index in [-0.39, 0.29) is 6.10 Å². The Hall–Kier alpha value is -1.20. The quantitative estimate of drug-likeness (QED) is 0.844. The topological polar surface area (TPSA) is 61.3 Å². The minimum atomic E-state index is -0.216. The Morgan fingerprint density at radius 1 is 1.42 bits per heavy atom. The molecule has 106 valence electrons. The van der Waals surface area contributed by atoms with Crippen LogP contribution in [-0.2, 0) is 6.54 Å². The molecule has 5 heteroatoms.